The zero-order valence-corrected chi connectivity index (χ0v) is 31.0. The Bertz CT molecular complexity index is 2080. The van der Waals surface area contributed by atoms with Crippen molar-refractivity contribution in [2.75, 3.05) is 25.1 Å². The van der Waals surface area contributed by atoms with Crippen LogP contribution in [0.2, 0.25) is 0 Å². The molecule has 1 N–H and O–H groups in total. The minimum atomic E-state index is -0.177. The predicted octanol–water partition coefficient (Wildman–Crippen LogP) is 10.1. The van der Waals surface area contributed by atoms with Crippen molar-refractivity contribution in [3.05, 3.63) is 158 Å². The van der Waals surface area contributed by atoms with Crippen molar-refractivity contribution in [3.8, 4) is 11.5 Å². The Morgan fingerprint density at radius 3 is 2.12 bits per heavy atom. The van der Waals surface area contributed by atoms with Crippen LogP contribution in [0.15, 0.2) is 124 Å². The third-order valence-electron chi connectivity index (χ3n) is 9.93. The van der Waals surface area contributed by atoms with Crippen LogP contribution >= 0.6 is 27.7 Å². The second kappa shape index (κ2) is 14.4. The van der Waals surface area contributed by atoms with Crippen LogP contribution in [0, 0.1) is 6.92 Å². The zero-order chi connectivity index (χ0) is 34.9. The minimum absolute atomic E-state index is 0.177. The summed E-state index contributed by atoms with van der Waals surface area (Å²) >= 11 is 5.02. The summed E-state index contributed by atoms with van der Waals surface area (Å²) in [4.78, 5) is 21.5. The number of aliphatic imine (C=N–C) groups is 1. The van der Waals surface area contributed by atoms with E-state index in [2.05, 4.69) is 130 Å². The van der Waals surface area contributed by atoms with Gasteiger partial charge in [-0.2, -0.15) is 0 Å². The number of hydrogen-bond acceptors (Lipinski definition) is 6. The summed E-state index contributed by atoms with van der Waals surface area (Å²) in [5.41, 5.74) is 10.6. The molecule has 0 aliphatic carbocycles. The molecule has 1 saturated heterocycles. The number of amidine groups is 1. The van der Waals surface area contributed by atoms with E-state index in [-0.39, 0.29) is 17.7 Å². The van der Waals surface area contributed by atoms with Crippen LogP contribution in [0.25, 0.3) is 6.08 Å². The van der Waals surface area contributed by atoms with E-state index < -0.39 is 0 Å². The van der Waals surface area contributed by atoms with Crippen molar-refractivity contribution in [2.24, 2.45) is 4.99 Å². The van der Waals surface area contributed by atoms with Crippen molar-refractivity contribution in [3.63, 3.8) is 0 Å². The van der Waals surface area contributed by atoms with Crippen molar-refractivity contribution in [1.29, 1.82) is 0 Å². The highest BCUT2D eigenvalue weighted by atomic mass is 79.9. The fourth-order valence-corrected chi connectivity index (χ4v) is 8.87. The van der Waals surface area contributed by atoms with E-state index in [0.29, 0.717) is 28.2 Å². The lowest BCUT2D eigenvalue weighted by atomic mass is 9.76. The number of carbonyl (C=O) groups is 1. The van der Waals surface area contributed by atoms with Gasteiger partial charge in [0.2, 0.25) is 0 Å². The van der Waals surface area contributed by atoms with Gasteiger partial charge in [0, 0.05) is 30.6 Å². The van der Waals surface area contributed by atoms with Crippen molar-refractivity contribution >= 4 is 56.2 Å². The number of benzene rings is 5. The van der Waals surface area contributed by atoms with Gasteiger partial charge in [-0.25, -0.2) is 4.99 Å². The van der Waals surface area contributed by atoms with Gasteiger partial charge in [-0.1, -0.05) is 90.5 Å². The summed E-state index contributed by atoms with van der Waals surface area (Å²) in [5.74, 6) is 1.58. The van der Waals surface area contributed by atoms with E-state index in [4.69, 9.17) is 14.5 Å². The van der Waals surface area contributed by atoms with Crippen LogP contribution < -0.4 is 19.7 Å². The average molecular weight is 757 g/mol. The quantitative estimate of drug-likeness (QED) is 0.160. The fourth-order valence-electron chi connectivity index (χ4n) is 7.46. The highest BCUT2D eigenvalue weighted by molar-refractivity contribution is 9.10. The molecule has 0 aromatic heterocycles. The molecule has 8 rings (SSSR count). The lowest BCUT2D eigenvalue weighted by Crippen LogP contribution is -2.37. The van der Waals surface area contributed by atoms with Crippen molar-refractivity contribution in [1.82, 2.24) is 5.32 Å². The first kappa shape index (κ1) is 33.4. The maximum absolute atomic E-state index is 13.3. The summed E-state index contributed by atoms with van der Waals surface area (Å²) in [5, 5.41) is 3.59. The molecule has 51 heavy (non-hydrogen) atoms. The highest BCUT2D eigenvalue weighted by Crippen LogP contribution is 2.50. The number of anilines is 1. The Morgan fingerprint density at radius 2 is 1.51 bits per heavy atom. The van der Waals surface area contributed by atoms with Gasteiger partial charge in [0.05, 0.1) is 22.2 Å². The molecule has 3 aliphatic rings. The molecular weight excluding hydrogens is 718 g/mol. The van der Waals surface area contributed by atoms with Crippen LogP contribution in [-0.4, -0.2) is 31.3 Å². The number of rotatable bonds is 8. The Hall–Kier alpha value is -4.79. The van der Waals surface area contributed by atoms with E-state index in [1.807, 2.05) is 18.2 Å². The molecule has 1 amide bonds. The summed E-state index contributed by atoms with van der Waals surface area (Å²) in [6.45, 7) is 4.55. The first-order chi connectivity index (χ1) is 24.9. The van der Waals surface area contributed by atoms with E-state index in [1.54, 1.807) is 7.11 Å². The van der Waals surface area contributed by atoms with Crippen LogP contribution in [-0.2, 0) is 11.4 Å². The number of nitrogens with zero attached hydrogens (tertiary/aromatic N) is 2. The lowest BCUT2D eigenvalue weighted by molar-refractivity contribution is -0.115. The first-order valence-electron chi connectivity index (χ1n) is 17.3. The molecular formula is C43H38BrN3O3S. The first-order valence-corrected chi connectivity index (χ1v) is 18.9. The molecule has 0 spiro atoms. The monoisotopic (exact) mass is 755 g/mol. The smallest absolute Gasteiger partial charge is 0.264 e. The van der Waals surface area contributed by atoms with E-state index in [1.165, 1.54) is 45.3 Å². The number of halogens is 1. The molecule has 8 heteroatoms. The van der Waals surface area contributed by atoms with Gasteiger partial charge in [0.15, 0.2) is 16.7 Å². The third kappa shape index (κ3) is 6.95. The molecule has 1 fully saturated rings. The summed E-state index contributed by atoms with van der Waals surface area (Å²) in [6.07, 6.45) is 3.98. The summed E-state index contributed by atoms with van der Waals surface area (Å²) in [6, 6.07) is 38.2. The molecule has 6 nitrogen and oxygen atoms in total. The van der Waals surface area contributed by atoms with Gasteiger partial charge in [-0.3, -0.25) is 4.79 Å². The van der Waals surface area contributed by atoms with E-state index in [9.17, 15) is 4.79 Å². The van der Waals surface area contributed by atoms with Crippen LogP contribution in [0.3, 0.4) is 0 Å². The number of aryl methyl sites for hydroxylation is 1. The van der Waals surface area contributed by atoms with E-state index in [0.717, 1.165) is 47.2 Å². The third-order valence-corrected chi connectivity index (χ3v) is 11.4. The summed E-state index contributed by atoms with van der Waals surface area (Å²) < 4.78 is 12.6. The van der Waals surface area contributed by atoms with Gasteiger partial charge in [0.1, 0.15) is 6.61 Å². The Labute approximate surface area is 311 Å². The second-order valence-electron chi connectivity index (χ2n) is 13.3. The Kier molecular flexibility index (Phi) is 9.45. The van der Waals surface area contributed by atoms with Crippen LogP contribution in [0.1, 0.15) is 63.6 Å². The molecule has 5 aromatic carbocycles. The number of hydrogen-bond donors (Lipinski definition) is 1. The normalized spacial score (nSPS) is 19.6. The number of thioether (sulfide) groups is 1. The number of carbonyl (C=O) groups excluding carboxylic acids is 1. The molecule has 256 valence electrons. The van der Waals surface area contributed by atoms with Gasteiger partial charge in [0.25, 0.3) is 5.91 Å². The molecule has 0 radical (unpaired) electrons. The number of ether oxygens (including phenoxy) is 2. The average Bonchev–Trinajstić information content (AvgIpc) is 3.49. The largest absolute Gasteiger partial charge is 0.493 e. The van der Waals surface area contributed by atoms with Gasteiger partial charge in [-0.15, -0.1) is 0 Å². The van der Waals surface area contributed by atoms with E-state index >= 15 is 0 Å². The fraction of sp³-hybridized carbons (Fsp3) is 0.209. The molecule has 2 atom stereocenters. The Balaban J connectivity index is 1.11. The highest BCUT2D eigenvalue weighted by Gasteiger charge is 2.35. The maximum Gasteiger partial charge on any atom is 0.264 e. The molecule has 0 saturated carbocycles. The topological polar surface area (TPSA) is 63.2 Å². The zero-order valence-electron chi connectivity index (χ0n) is 28.6. The predicted molar refractivity (Wildman–Crippen MR) is 211 cm³/mol. The van der Waals surface area contributed by atoms with Gasteiger partial charge >= 0.3 is 0 Å². The second-order valence-corrected chi connectivity index (χ2v) is 15.1. The number of methoxy groups -OCH3 is 1. The standard InChI is InChI=1S/C43H38BrN3O3S/c1-27-13-15-28(16-14-27)26-50-41-37(44)21-29(22-38(41)49-2)23-39-42(48)46-43(51-39)45-32-24-35-33(30-9-5-3-6-10-30)17-19-47-20-18-34(36(25-32)40(35)47)31-11-7-4-8-12-31/h3-16,21-25,33-34H,17-20,26H2,1-2H3,(H,45,46,48)/b39-23-/t33-,34+. The Morgan fingerprint density at radius 1 is 0.882 bits per heavy atom. The molecule has 3 heterocycles. The summed E-state index contributed by atoms with van der Waals surface area (Å²) in [7, 11) is 1.62. The van der Waals surface area contributed by atoms with Crippen molar-refractivity contribution in [2.45, 2.75) is 38.2 Å². The minimum Gasteiger partial charge on any atom is -0.493 e. The van der Waals surface area contributed by atoms with Crippen LogP contribution in [0.4, 0.5) is 11.4 Å². The molecule has 3 aliphatic heterocycles. The lowest BCUT2D eigenvalue weighted by Gasteiger charge is -2.43. The molecule has 5 aromatic rings. The van der Waals surface area contributed by atoms with Crippen molar-refractivity contribution < 1.29 is 14.3 Å². The molecule has 0 bridgehead atoms. The van der Waals surface area contributed by atoms with Gasteiger partial charge < -0.3 is 19.7 Å². The SMILES string of the molecule is COc1cc(/C=C2\SC(=Nc3cc4c5c(c3)[C@H](c3ccccc3)CCN5CC[C@@H]4c3ccccc3)NC2=O)cc(Br)c1OCc1ccc(C)cc1. The molecule has 0 unspecified atom stereocenters. The van der Waals surface area contributed by atoms with Gasteiger partial charge in [-0.05, 0) is 111 Å². The maximum atomic E-state index is 13.3. The van der Waals surface area contributed by atoms with Crippen LogP contribution in [0.5, 0.6) is 11.5 Å². The number of amides is 1. The number of nitrogens with one attached hydrogen (secondary N) is 1.